The molecule has 2 N–H and O–H groups in total. The molecule has 1 aromatic carbocycles. The predicted octanol–water partition coefficient (Wildman–Crippen LogP) is 1.74. The number of carbonyl (C=O) groups is 2. The van der Waals surface area contributed by atoms with Crippen molar-refractivity contribution in [1.82, 2.24) is 10.9 Å². The molecular formula is C15H22N2O3. The predicted molar refractivity (Wildman–Crippen MR) is 76.5 cm³/mol. The molecule has 5 heteroatoms. The molecule has 1 aromatic rings. The Morgan fingerprint density at radius 1 is 1.25 bits per heavy atom. The van der Waals surface area contributed by atoms with E-state index < -0.39 is 11.5 Å². The van der Waals surface area contributed by atoms with Gasteiger partial charge in [-0.05, 0) is 19.4 Å². The van der Waals surface area contributed by atoms with Crippen molar-refractivity contribution in [2.45, 2.75) is 33.2 Å². The first-order valence-electron chi connectivity index (χ1n) is 6.71. The van der Waals surface area contributed by atoms with E-state index in [1.807, 2.05) is 30.3 Å². The fourth-order valence-electron chi connectivity index (χ4n) is 1.62. The quantitative estimate of drug-likeness (QED) is 0.614. The summed E-state index contributed by atoms with van der Waals surface area (Å²) in [7, 11) is 0. The molecule has 0 saturated carbocycles. The van der Waals surface area contributed by atoms with Crippen LogP contribution in [0.2, 0.25) is 0 Å². The van der Waals surface area contributed by atoms with Gasteiger partial charge in [0.05, 0.1) is 6.61 Å². The molecule has 0 bridgehead atoms. The molecule has 110 valence electrons. The van der Waals surface area contributed by atoms with Crippen molar-refractivity contribution in [3.8, 4) is 0 Å². The van der Waals surface area contributed by atoms with Gasteiger partial charge in [-0.15, -0.1) is 0 Å². The van der Waals surface area contributed by atoms with E-state index >= 15 is 0 Å². The lowest BCUT2D eigenvalue weighted by atomic mass is 9.93. The van der Waals surface area contributed by atoms with Gasteiger partial charge in [-0.3, -0.25) is 10.2 Å². The van der Waals surface area contributed by atoms with E-state index in [0.717, 1.165) is 5.56 Å². The Morgan fingerprint density at radius 3 is 2.35 bits per heavy atom. The van der Waals surface area contributed by atoms with Crippen molar-refractivity contribution in [3.63, 3.8) is 0 Å². The minimum Gasteiger partial charge on any atom is -0.464 e. The Bertz CT molecular complexity index is 459. The zero-order chi connectivity index (χ0) is 15.2. The first-order chi connectivity index (χ1) is 9.41. The number of hydrogen-bond donors (Lipinski definition) is 2. The minimum absolute atomic E-state index is 0.176. The van der Waals surface area contributed by atoms with Crippen molar-refractivity contribution < 1.29 is 14.3 Å². The highest BCUT2D eigenvalue weighted by Gasteiger charge is 2.37. The van der Waals surface area contributed by atoms with Gasteiger partial charge >= 0.3 is 5.97 Å². The van der Waals surface area contributed by atoms with E-state index in [-0.39, 0.29) is 18.4 Å². The van der Waals surface area contributed by atoms with E-state index in [1.54, 1.807) is 27.7 Å². The van der Waals surface area contributed by atoms with Crippen molar-refractivity contribution in [1.29, 1.82) is 0 Å². The normalized spacial score (nSPS) is 13.7. The summed E-state index contributed by atoms with van der Waals surface area (Å²) in [5, 5.41) is 0. The summed E-state index contributed by atoms with van der Waals surface area (Å²) in [4.78, 5) is 23.9. The second-order valence-electron chi connectivity index (χ2n) is 4.98. The Balaban J connectivity index is 2.96. The van der Waals surface area contributed by atoms with E-state index in [9.17, 15) is 9.59 Å². The van der Waals surface area contributed by atoms with Crippen molar-refractivity contribution in [2.24, 2.45) is 5.92 Å². The van der Waals surface area contributed by atoms with Gasteiger partial charge in [0.25, 0.3) is 0 Å². The van der Waals surface area contributed by atoms with Crippen LogP contribution in [0, 0.1) is 5.92 Å². The number of nitrogens with one attached hydrogen (secondary N) is 2. The molecule has 1 atom stereocenters. The van der Waals surface area contributed by atoms with E-state index in [0.29, 0.717) is 0 Å². The molecular weight excluding hydrogens is 256 g/mol. The van der Waals surface area contributed by atoms with Crippen molar-refractivity contribution in [2.75, 3.05) is 6.61 Å². The maximum atomic E-state index is 12.2. The highest BCUT2D eigenvalue weighted by molar-refractivity contribution is 5.83. The van der Waals surface area contributed by atoms with Crippen LogP contribution in [0.3, 0.4) is 0 Å². The smallest absolute Gasteiger partial charge is 0.332 e. The molecule has 5 nitrogen and oxygen atoms in total. The van der Waals surface area contributed by atoms with Crippen LogP contribution < -0.4 is 10.9 Å². The first-order valence-corrected chi connectivity index (χ1v) is 6.71. The molecule has 0 aliphatic rings. The minimum atomic E-state index is -1.12. The molecule has 0 saturated heterocycles. The Hall–Kier alpha value is -1.88. The fraction of sp³-hybridized carbons (Fsp3) is 0.467. The van der Waals surface area contributed by atoms with Gasteiger partial charge in [0, 0.05) is 5.92 Å². The lowest BCUT2D eigenvalue weighted by molar-refractivity contribution is -0.152. The average molecular weight is 278 g/mol. The summed E-state index contributed by atoms with van der Waals surface area (Å²) in [6.45, 7) is 7.26. The Morgan fingerprint density at radius 2 is 1.85 bits per heavy atom. The monoisotopic (exact) mass is 278 g/mol. The molecule has 0 heterocycles. The topological polar surface area (TPSA) is 67.4 Å². The van der Waals surface area contributed by atoms with Gasteiger partial charge in [0.15, 0.2) is 5.54 Å². The standard InChI is InChI=1S/C15H22N2O3/c1-5-20-14(19)15(4,12-9-7-6-8-10-12)17-16-13(18)11(2)3/h6-11,17H,5H2,1-4H3,(H,16,18). The highest BCUT2D eigenvalue weighted by atomic mass is 16.5. The first kappa shape index (κ1) is 16.2. The number of benzene rings is 1. The highest BCUT2D eigenvalue weighted by Crippen LogP contribution is 2.21. The van der Waals surface area contributed by atoms with Crippen LogP contribution in [-0.2, 0) is 19.9 Å². The summed E-state index contributed by atoms with van der Waals surface area (Å²) in [5.74, 6) is -0.795. The number of rotatable bonds is 6. The van der Waals surface area contributed by atoms with Crippen LogP contribution in [0.15, 0.2) is 30.3 Å². The van der Waals surface area contributed by atoms with Crippen LogP contribution >= 0.6 is 0 Å². The maximum absolute atomic E-state index is 12.2. The second-order valence-corrected chi connectivity index (χ2v) is 4.98. The van der Waals surface area contributed by atoms with Crippen LogP contribution in [0.1, 0.15) is 33.3 Å². The number of esters is 1. The zero-order valence-electron chi connectivity index (χ0n) is 12.4. The van der Waals surface area contributed by atoms with E-state index in [2.05, 4.69) is 10.9 Å². The van der Waals surface area contributed by atoms with Gasteiger partial charge in [0.1, 0.15) is 0 Å². The van der Waals surface area contributed by atoms with Gasteiger partial charge in [-0.1, -0.05) is 44.2 Å². The third-order valence-electron chi connectivity index (χ3n) is 2.99. The molecule has 1 unspecified atom stereocenters. The molecule has 1 rings (SSSR count). The second kappa shape index (κ2) is 7.05. The maximum Gasteiger partial charge on any atom is 0.332 e. The van der Waals surface area contributed by atoms with Gasteiger partial charge in [0.2, 0.25) is 5.91 Å². The lowest BCUT2D eigenvalue weighted by Crippen LogP contribution is -2.56. The van der Waals surface area contributed by atoms with Gasteiger partial charge in [-0.25, -0.2) is 10.2 Å². The largest absolute Gasteiger partial charge is 0.464 e. The molecule has 0 fully saturated rings. The fourth-order valence-corrected chi connectivity index (χ4v) is 1.62. The Labute approximate surface area is 119 Å². The third-order valence-corrected chi connectivity index (χ3v) is 2.99. The summed E-state index contributed by atoms with van der Waals surface area (Å²) in [5.41, 5.74) is 4.98. The zero-order valence-corrected chi connectivity index (χ0v) is 12.4. The molecule has 20 heavy (non-hydrogen) atoms. The number of carbonyl (C=O) groups excluding carboxylic acids is 2. The average Bonchev–Trinajstić information content (AvgIpc) is 2.45. The molecule has 0 spiro atoms. The molecule has 0 aliphatic heterocycles. The number of ether oxygens (including phenoxy) is 1. The van der Waals surface area contributed by atoms with E-state index in [1.165, 1.54) is 0 Å². The summed E-state index contributed by atoms with van der Waals surface area (Å²) in [6, 6.07) is 9.15. The van der Waals surface area contributed by atoms with Crippen LogP contribution in [0.25, 0.3) is 0 Å². The SMILES string of the molecule is CCOC(=O)C(C)(NNC(=O)C(C)C)c1ccccc1. The number of hydrazine groups is 1. The molecule has 1 amide bonds. The molecule has 0 radical (unpaired) electrons. The van der Waals surface area contributed by atoms with Crippen LogP contribution in [-0.4, -0.2) is 18.5 Å². The van der Waals surface area contributed by atoms with Crippen molar-refractivity contribution in [3.05, 3.63) is 35.9 Å². The van der Waals surface area contributed by atoms with Crippen LogP contribution in [0.4, 0.5) is 0 Å². The number of amides is 1. The summed E-state index contributed by atoms with van der Waals surface area (Å²) >= 11 is 0. The summed E-state index contributed by atoms with van der Waals surface area (Å²) in [6.07, 6.45) is 0. The van der Waals surface area contributed by atoms with Gasteiger partial charge < -0.3 is 4.74 Å². The summed E-state index contributed by atoms with van der Waals surface area (Å²) < 4.78 is 5.10. The van der Waals surface area contributed by atoms with Gasteiger partial charge in [-0.2, -0.15) is 0 Å². The lowest BCUT2D eigenvalue weighted by Gasteiger charge is -2.29. The third kappa shape index (κ3) is 3.81. The Kier molecular flexibility index (Phi) is 5.70. The van der Waals surface area contributed by atoms with Crippen LogP contribution in [0.5, 0.6) is 0 Å². The van der Waals surface area contributed by atoms with E-state index in [4.69, 9.17) is 4.74 Å². The van der Waals surface area contributed by atoms with Crippen molar-refractivity contribution >= 4 is 11.9 Å². The molecule has 0 aliphatic carbocycles. The molecule has 0 aromatic heterocycles. The number of hydrogen-bond acceptors (Lipinski definition) is 4.